The molecule has 1 aromatic rings. The Kier molecular flexibility index (Phi) is 4.03. The van der Waals surface area contributed by atoms with Crippen molar-refractivity contribution < 1.29 is 13.2 Å². The van der Waals surface area contributed by atoms with Crippen molar-refractivity contribution in [2.75, 3.05) is 32.1 Å². The lowest BCUT2D eigenvalue weighted by Gasteiger charge is -2.49. The molecule has 1 aromatic heterocycles. The van der Waals surface area contributed by atoms with Gasteiger partial charge in [-0.05, 0) is 25.5 Å². The van der Waals surface area contributed by atoms with Crippen molar-refractivity contribution in [2.24, 2.45) is 5.92 Å². The van der Waals surface area contributed by atoms with Crippen LogP contribution in [0.5, 0.6) is 0 Å². The summed E-state index contributed by atoms with van der Waals surface area (Å²) in [5.41, 5.74) is 0.990. The van der Waals surface area contributed by atoms with Gasteiger partial charge in [0.05, 0.1) is 18.1 Å². The largest absolute Gasteiger partial charge is 0.381 e. The normalized spacial score (nSPS) is 26.8. The van der Waals surface area contributed by atoms with Crippen molar-refractivity contribution >= 4 is 9.84 Å². The summed E-state index contributed by atoms with van der Waals surface area (Å²) >= 11 is 0. The molecule has 21 heavy (non-hydrogen) atoms. The van der Waals surface area contributed by atoms with Crippen molar-refractivity contribution in [3.8, 4) is 0 Å². The third-order valence-corrected chi connectivity index (χ3v) is 7.32. The molecular formula is C15H22N2O3S. The number of sulfone groups is 1. The van der Waals surface area contributed by atoms with Gasteiger partial charge in [-0.15, -0.1) is 0 Å². The van der Waals surface area contributed by atoms with Gasteiger partial charge in [-0.25, -0.2) is 8.42 Å². The second-order valence-corrected chi connectivity index (χ2v) is 8.45. The van der Waals surface area contributed by atoms with E-state index in [1.807, 2.05) is 25.1 Å². The molecule has 0 saturated carbocycles. The maximum Gasteiger partial charge on any atom is 0.158 e. The second-order valence-electron chi connectivity index (χ2n) is 5.99. The van der Waals surface area contributed by atoms with Gasteiger partial charge in [0.1, 0.15) is 4.75 Å². The summed E-state index contributed by atoms with van der Waals surface area (Å²) in [6.45, 7) is 5.11. The van der Waals surface area contributed by atoms with Crippen molar-refractivity contribution in [1.29, 1.82) is 0 Å². The minimum absolute atomic E-state index is 0.141. The molecule has 2 aliphatic heterocycles. The number of hydrogen-bond donors (Lipinski definition) is 0. The Morgan fingerprint density at radius 1 is 1.43 bits per heavy atom. The van der Waals surface area contributed by atoms with E-state index in [9.17, 15) is 8.42 Å². The highest BCUT2D eigenvalue weighted by molar-refractivity contribution is 7.93. The van der Waals surface area contributed by atoms with Gasteiger partial charge in [-0.1, -0.05) is 6.07 Å². The number of ether oxygens (including phenoxy) is 1. The summed E-state index contributed by atoms with van der Waals surface area (Å²) in [4.78, 5) is 6.48. The maximum atomic E-state index is 12.4. The van der Waals surface area contributed by atoms with Crippen LogP contribution in [0.3, 0.4) is 0 Å². The number of hydrogen-bond acceptors (Lipinski definition) is 5. The zero-order chi connectivity index (χ0) is 14.9. The number of nitrogens with zero attached hydrogens (tertiary/aromatic N) is 2. The van der Waals surface area contributed by atoms with Crippen molar-refractivity contribution in [3.05, 3.63) is 30.1 Å². The lowest BCUT2D eigenvalue weighted by molar-refractivity contribution is 0.0286. The summed E-state index contributed by atoms with van der Waals surface area (Å²) in [7, 11) is -3.00. The Hall–Kier alpha value is -0.980. The number of rotatable bonds is 5. The molecule has 0 unspecified atom stereocenters. The van der Waals surface area contributed by atoms with E-state index in [0.29, 0.717) is 32.1 Å². The molecule has 2 aliphatic rings. The third-order valence-electron chi connectivity index (χ3n) is 4.72. The van der Waals surface area contributed by atoms with Gasteiger partial charge in [-0.3, -0.25) is 9.88 Å². The highest BCUT2D eigenvalue weighted by Crippen LogP contribution is 2.45. The van der Waals surface area contributed by atoms with Gasteiger partial charge in [0, 0.05) is 38.4 Å². The molecule has 0 N–H and O–H groups in total. The molecule has 0 amide bonds. The first-order valence-corrected chi connectivity index (χ1v) is 9.15. The van der Waals surface area contributed by atoms with Crippen LogP contribution in [0.25, 0.3) is 0 Å². The molecule has 3 rings (SSSR count). The highest BCUT2D eigenvalue weighted by atomic mass is 32.2. The Balaban J connectivity index is 1.67. The van der Waals surface area contributed by atoms with Gasteiger partial charge in [0.2, 0.25) is 0 Å². The number of likely N-dealkylation sites (tertiary alicyclic amines) is 1. The average Bonchev–Trinajstić information content (AvgIpc) is 2.69. The zero-order valence-electron chi connectivity index (χ0n) is 12.4. The highest BCUT2D eigenvalue weighted by Gasteiger charge is 2.61. The lowest BCUT2D eigenvalue weighted by atomic mass is 9.83. The minimum Gasteiger partial charge on any atom is -0.381 e. The van der Waals surface area contributed by atoms with E-state index >= 15 is 0 Å². The number of pyridine rings is 1. The van der Waals surface area contributed by atoms with Gasteiger partial charge in [0.15, 0.2) is 9.84 Å². The van der Waals surface area contributed by atoms with E-state index < -0.39 is 14.6 Å². The van der Waals surface area contributed by atoms with Crippen molar-refractivity contribution in [1.82, 2.24) is 9.88 Å². The Labute approximate surface area is 126 Å². The molecule has 2 saturated heterocycles. The molecular weight excluding hydrogens is 288 g/mol. The van der Waals surface area contributed by atoms with Crippen LogP contribution in [0.2, 0.25) is 0 Å². The van der Waals surface area contributed by atoms with Crippen LogP contribution in [0.4, 0.5) is 0 Å². The summed E-state index contributed by atoms with van der Waals surface area (Å²) in [5.74, 6) is 0.449. The van der Waals surface area contributed by atoms with Gasteiger partial charge >= 0.3 is 0 Å². The first kappa shape index (κ1) is 14.9. The molecule has 1 spiro atoms. The van der Waals surface area contributed by atoms with Crippen molar-refractivity contribution in [3.63, 3.8) is 0 Å². The molecule has 0 bridgehead atoms. The van der Waals surface area contributed by atoms with Crippen LogP contribution < -0.4 is 0 Å². The topological polar surface area (TPSA) is 59.5 Å². The summed E-state index contributed by atoms with van der Waals surface area (Å²) in [5, 5.41) is 0. The van der Waals surface area contributed by atoms with Gasteiger partial charge in [0.25, 0.3) is 0 Å². The second kappa shape index (κ2) is 5.66. The van der Waals surface area contributed by atoms with Crippen molar-refractivity contribution in [2.45, 2.75) is 24.6 Å². The Morgan fingerprint density at radius 3 is 2.90 bits per heavy atom. The Morgan fingerprint density at radius 2 is 2.24 bits per heavy atom. The van der Waals surface area contributed by atoms with Crippen LogP contribution in [0.15, 0.2) is 24.4 Å². The molecule has 2 fully saturated rings. The summed E-state index contributed by atoms with van der Waals surface area (Å²) < 4.78 is 29.8. The maximum absolute atomic E-state index is 12.4. The summed E-state index contributed by atoms with van der Waals surface area (Å²) in [6.07, 6.45) is 2.51. The van der Waals surface area contributed by atoms with Crippen LogP contribution in [0, 0.1) is 5.92 Å². The van der Waals surface area contributed by atoms with Crippen LogP contribution >= 0.6 is 0 Å². The first-order valence-electron chi connectivity index (χ1n) is 7.50. The quantitative estimate of drug-likeness (QED) is 0.815. The summed E-state index contributed by atoms with van der Waals surface area (Å²) in [6, 6.07) is 5.83. The fourth-order valence-electron chi connectivity index (χ4n) is 3.51. The third kappa shape index (κ3) is 2.60. The van der Waals surface area contributed by atoms with E-state index in [1.54, 1.807) is 6.20 Å². The lowest BCUT2D eigenvalue weighted by Crippen LogP contribution is -2.67. The zero-order valence-corrected chi connectivity index (χ0v) is 13.2. The molecule has 3 heterocycles. The molecule has 6 heteroatoms. The van der Waals surface area contributed by atoms with Gasteiger partial charge < -0.3 is 4.74 Å². The van der Waals surface area contributed by atoms with E-state index in [0.717, 1.165) is 18.7 Å². The predicted molar refractivity (Wildman–Crippen MR) is 80.6 cm³/mol. The monoisotopic (exact) mass is 310 g/mol. The van der Waals surface area contributed by atoms with E-state index in [1.165, 1.54) is 0 Å². The fourth-order valence-corrected chi connectivity index (χ4v) is 5.96. The fraction of sp³-hybridized carbons (Fsp3) is 0.667. The van der Waals surface area contributed by atoms with Gasteiger partial charge in [-0.2, -0.15) is 0 Å². The molecule has 0 aromatic carbocycles. The SMILES string of the molecule is CCOC[C@H]1CCS(=O)(=O)C12CN(Cc1ccccn1)C2. The average molecular weight is 310 g/mol. The van der Waals surface area contributed by atoms with Crippen LogP contribution in [-0.4, -0.2) is 55.1 Å². The standard InChI is InChI=1S/C15H22N2O3S/c1-2-20-10-13-6-8-21(18,19)15(13)11-17(12-15)9-14-5-3-4-7-16-14/h3-5,7,13H,2,6,8-12H2,1H3/t13-/m1/s1. The van der Waals surface area contributed by atoms with E-state index in [4.69, 9.17) is 4.74 Å². The molecule has 116 valence electrons. The molecule has 5 nitrogen and oxygen atoms in total. The van der Waals surface area contributed by atoms with Crippen LogP contribution in [0.1, 0.15) is 19.0 Å². The smallest absolute Gasteiger partial charge is 0.158 e. The predicted octanol–water partition coefficient (Wildman–Crippen LogP) is 1.11. The number of aromatic nitrogens is 1. The molecule has 0 aliphatic carbocycles. The van der Waals surface area contributed by atoms with E-state index in [-0.39, 0.29) is 5.92 Å². The van der Waals surface area contributed by atoms with Crippen LogP contribution in [-0.2, 0) is 21.1 Å². The van der Waals surface area contributed by atoms with E-state index in [2.05, 4.69) is 9.88 Å². The molecule has 1 atom stereocenters. The minimum atomic E-state index is -3.00. The first-order chi connectivity index (χ1) is 10.1. The Bertz CT molecular complexity index is 582. The molecule has 0 radical (unpaired) electrons.